The van der Waals surface area contributed by atoms with E-state index in [1.165, 1.54) is 0 Å². The third-order valence-electron chi connectivity index (χ3n) is 7.68. The molecule has 182 valence electrons. The van der Waals surface area contributed by atoms with Gasteiger partial charge in [-0.2, -0.15) is 0 Å². The predicted molar refractivity (Wildman–Crippen MR) is 120 cm³/mol. The van der Waals surface area contributed by atoms with Gasteiger partial charge in [0.15, 0.2) is 0 Å². The van der Waals surface area contributed by atoms with Crippen molar-refractivity contribution < 1.29 is 33.7 Å². The second-order valence-electron chi connectivity index (χ2n) is 9.68. The minimum absolute atomic E-state index is 0.113. The summed E-state index contributed by atoms with van der Waals surface area (Å²) in [5.41, 5.74) is 3.28. The van der Waals surface area contributed by atoms with Crippen molar-refractivity contribution in [2.75, 3.05) is 32.8 Å². The van der Waals surface area contributed by atoms with Crippen molar-refractivity contribution in [2.24, 2.45) is 0 Å². The lowest BCUT2D eigenvalue weighted by Crippen LogP contribution is -2.63. The van der Waals surface area contributed by atoms with Crippen LogP contribution >= 0.6 is 0 Å². The van der Waals surface area contributed by atoms with Crippen LogP contribution in [0.1, 0.15) is 59.8 Å². The molecule has 4 heterocycles. The molecule has 4 aliphatic heterocycles. The highest BCUT2D eigenvalue weighted by molar-refractivity contribution is 5.95. The number of piperidine rings is 1. The van der Waals surface area contributed by atoms with Crippen LogP contribution in [0, 0.1) is 6.92 Å². The molecule has 9 heteroatoms. The molecule has 1 aromatic rings. The Morgan fingerprint density at radius 3 is 2.47 bits per heavy atom. The summed E-state index contributed by atoms with van der Waals surface area (Å²) in [6.07, 6.45) is 0.298. The highest BCUT2D eigenvalue weighted by Gasteiger charge is 2.51. The molecule has 0 saturated carbocycles. The molecule has 0 bridgehead atoms. The molecule has 0 aliphatic carbocycles. The highest BCUT2D eigenvalue weighted by atomic mass is 16.5. The van der Waals surface area contributed by atoms with E-state index in [2.05, 4.69) is 4.90 Å². The fourth-order valence-corrected chi connectivity index (χ4v) is 5.47. The van der Waals surface area contributed by atoms with Gasteiger partial charge < -0.3 is 29.1 Å². The van der Waals surface area contributed by atoms with Crippen molar-refractivity contribution in [3.63, 3.8) is 0 Å². The number of β-amino-alcohol motifs (C(OH)–C–C–N with tert-alkyl or cyclic N) is 1. The molecule has 5 rings (SSSR count). The molecule has 0 radical (unpaired) electrons. The number of aliphatic hydroxyl groups is 1. The molecular formula is C25H30N2O7. The van der Waals surface area contributed by atoms with Crippen molar-refractivity contribution in [1.82, 2.24) is 9.80 Å². The average molecular weight is 471 g/mol. The number of carbonyl (C=O) groups excluding carboxylic acids is 3. The van der Waals surface area contributed by atoms with Gasteiger partial charge in [0, 0.05) is 25.2 Å². The van der Waals surface area contributed by atoms with Crippen LogP contribution in [0.25, 0.3) is 0 Å². The van der Waals surface area contributed by atoms with Crippen molar-refractivity contribution in [1.29, 1.82) is 0 Å². The first-order valence-corrected chi connectivity index (χ1v) is 11.8. The lowest BCUT2D eigenvalue weighted by Gasteiger charge is -2.48. The number of hydrogen-bond acceptors (Lipinski definition) is 8. The standard InChI is InChI=1S/C25H30N2O7/c1-14-11-34-25(24(31)27(14)20-13-33-22(29)16(20)3)6-8-26(9-7-25)10-21(28)17-4-5-18-19(15(17)2)12-32-23(18)30/h4-5,14,21,28H,6-13H2,1-3H3. The van der Waals surface area contributed by atoms with Crippen LogP contribution < -0.4 is 0 Å². The quantitative estimate of drug-likeness (QED) is 0.662. The number of carbonyl (C=O) groups is 3. The van der Waals surface area contributed by atoms with E-state index in [0.29, 0.717) is 55.9 Å². The number of likely N-dealkylation sites (tertiary alicyclic amines) is 1. The maximum atomic E-state index is 13.6. The molecule has 34 heavy (non-hydrogen) atoms. The number of nitrogens with zero attached hydrogens (tertiary/aromatic N) is 2. The Hall–Kier alpha value is -2.75. The van der Waals surface area contributed by atoms with Gasteiger partial charge in [0.2, 0.25) is 0 Å². The number of aliphatic hydroxyl groups excluding tert-OH is 1. The van der Waals surface area contributed by atoms with E-state index in [0.717, 1.165) is 16.7 Å². The summed E-state index contributed by atoms with van der Waals surface area (Å²) in [5.74, 6) is -0.809. The van der Waals surface area contributed by atoms with Gasteiger partial charge in [0.05, 0.1) is 35.6 Å². The Morgan fingerprint density at radius 2 is 1.79 bits per heavy atom. The Labute approximate surface area is 198 Å². The molecule has 9 nitrogen and oxygen atoms in total. The molecule has 2 fully saturated rings. The second-order valence-corrected chi connectivity index (χ2v) is 9.68. The van der Waals surface area contributed by atoms with Crippen molar-refractivity contribution in [3.05, 3.63) is 45.7 Å². The van der Waals surface area contributed by atoms with E-state index in [-0.39, 0.29) is 37.1 Å². The number of esters is 2. The second kappa shape index (κ2) is 8.48. The topological polar surface area (TPSA) is 106 Å². The average Bonchev–Trinajstić information content (AvgIpc) is 3.36. The molecule has 2 saturated heterocycles. The van der Waals surface area contributed by atoms with Gasteiger partial charge in [-0.05, 0) is 50.8 Å². The molecule has 1 amide bonds. The van der Waals surface area contributed by atoms with Crippen LogP contribution in [0.5, 0.6) is 0 Å². The van der Waals surface area contributed by atoms with E-state index in [1.54, 1.807) is 24.0 Å². The lowest BCUT2D eigenvalue weighted by molar-refractivity contribution is -0.184. The molecule has 2 atom stereocenters. The smallest absolute Gasteiger partial charge is 0.338 e. The largest absolute Gasteiger partial charge is 0.457 e. The third kappa shape index (κ3) is 3.62. The Balaban J connectivity index is 1.26. The minimum Gasteiger partial charge on any atom is -0.457 e. The lowest BCUT2D eigenvalue weighted by atomic mass is 9.86. The van der Waals surface area contributed by atoms with Crippen LogP contribution in [-0.2, 0) is 30.4 Å². The molecule has 1 aromatic carbocycles. The number of hydrogen-bond donors (Lipinski definition) is 1. The Morgan fingerprint density at radius 1 is 1.09 bits per heavy atom. The summed E-state index contributed by atoms with van der Waals surface area (Å²) in [5, 5.41) is 11.0. The summed E-state index contributed by atoms with van der Waals surface area (Å²) >= 11 is 0. The van der Waals surface area contributed by atoms with Crippen molar-refractivity contribution >= 4 is 17.8 Å². The minimum atomic E-state index is -0.923. The predicted octanol–water partition coefficient (Wildman–Crippen LogP) is 1.61. The molecular weight excluding hydrogens is 440 g/mol. The zero-order chi connectivity index (χ0) is 24.2. The van der Waals surface area contributed by atoms with Gasteiger partial charge in [-0.3, -0.25) is 4.79 Å². The Bertz CT molecular complexity index is 1090. The van der Waals surface area contributed by atoms with Crippen LogP contribution in [0.15, 0.2) is 23.4 Å². The monoisotopic (exact) mass is 470 g/mol. The summed E-state index contributed by atoms with van der Waals surface area (Å²) in [4.78, 5) is 41.1. The number of benzene rings is 1. The third-order valence-corrected chi connectivity index (χ3v) is 7.68. The Kier molecular flexibility index (Phi) is 5.74. The number of fused-ring (bicyclic) bond motifs is 1. The van der Waals surface area contributed by atoms with Gasteiger partial charge in [0.1, 0.15) is 18.8 Å². The van der Waals surface area contributed by atoms with E-state index < -0.39 is 11.7 Å². The number of amides is 1. The number of cyclic esters (lactones) is 2. The fraction of sp³-hybridized carbons (Fsp3) is 0.560. The molecule has 1 N–H and O–H groups in total. The molecule has 4 aliphatic rings. The first-order chi connectivity index (χ1) is 16.2. The van der Waals surface area contributed by atoms with Gasteiger partial charge in [-0.1, -0.05) is 6.07 Å². The molecule has 0 aromatic heterocycles. The van der Waals surface area contributed by atoms with Crippen molar-refractivity contribution in [3.8, 4) is 0 Å². The maximum absolute atomic E-state index is 13.6. The van der Waals surface area contributed by atoms with E-state index in [4.69, 9.17) is 14.2 Å². The van der Waals surface area contributed by atoms with E-state index in [9.17, 15) is 19.5 Å². The van der Waals surface area contributed by atoms with Crippen LogP contribution in [0.4, 0.5) is 0 Å². The van der Waals surface area contributed by atoms with Crippen LogP contribution in [-0.4, -0.2) is 77.2 Å². The van der Waals surface area contributed by atoms with E-state index >= 15 is 0 Å². The summed E-state index contributed by atoms with van der Waals surface area (Å²) < 4.78 is 16.4. The number of rotatable bonds is 4. The molecule has 1 spiro atoms. The van der Waals surface area contributed by atoms with Gasteiger partial charge in [-0.15, -0.1) is 0 Å². The zero-order valence-corrected chi connectivity index (χ0v) is 19.8. The SMILES string of the molecule is CC1=C(N2C(=O)C3(CCN(CC(O)c4ccc5c(c4C)COC5=O)CC3)OCC2C)COC1=O. The van der Waals surface area contributed by atoms with Gasteiger partial charge >= 0.3 is 11.9 Å². The first kappa shape index (κ1) is 23.0. The molecule has 2 unspecified atom stereocenters. The van der Waals surface area contributed by atoms with Gasteiger partial charge in [-0.25, -0.2) is 9.59 Å². The summed E-state index contributed by atoms with van der Waals surface area (Å²) in [7, 11) is 0. The summed E-state index contributed by atoms with van der Waals surface area (Å²) in [6, 6.07) is 3.35. The van der Waals surface area contributed by atoms with Crippen LogP contribution in [0.2, 0.25) is 0 Å². The zero-order valence-electron chi connectivity index (χ0n) is 19.8. The van der Waals surface area contributed by atoms with Crippen molar-refractivity contribution in [2.45, 2.75) is 58.0 Å². The fourth-order valence-electron chi connectivity index (χ4n) is 5.47. The summed E-state index contributed by atoms with van der Waals surface area (Å²) in [6.45, 7) is 7.90. The normalized spacial score (nSPS) is 25.6. The van der Waals surface area contributed by atoms with E-state index in [1.807, 2.05) is 13.8 Å². The first-order valence-electron chi connectivity index (χ1n) is 11.8. The van der Waals surface area contributed by atoms with Gasteiger partial charge in [0.25, 0.3) is 5.91 Å². The van der Waals surface area contributed by atoms with Crippen LogP contribution in [0.3, 0.4) is 0 Å². The maximum Gasteiger partial charge on any atom is 0.338 e. The highest BCUT2D eigenvalue weighted by Crippen LogP contribution is 2.37. The number of ether oxygens (including phenoxy) is 3. The number of morpholine rings is 1.